The van der Waals surface area contributed by atoms with Crippen molar-refractivity contribution < 1.29 is 14.5 Å². The van der Waals surface area contributed by atoms with Crippen LogP contribution in [0.5, 0.6) is 0 Å². The molecular formula is C21H25N2O2+. The number of Topliss-reactive ketones (excluding diaryl/α,β-unsaturated/α-hetero) is 1. The Bertz CT molecular complexity index is 785. The second kappa shape index (κ2) is 7.62. The molecule has 3 rings (SSSR count). The Morgan fingerprint density at radius 2 is 1.84 bits per heavy atom. The van der Waals surface area contributed by atoms with Gasteiger partial charge in [0.05, 0.1) is 12.7 Å². The highest BCUT2D eigenvalue weighted by Crippen LogP contribution is 2.27. The number of para-hydroxylation sites is 1. The SMILES string of the molecule is CC(=O)c1ccccc1NC(=O)C[NH+](C)[C@@H]1CCCc2ccccc21. The first-order chi connectivity index (χ1) is 12.1. The number of hydrogen-bond donors (Lipinski definition) is 2. The molecule has 2 atom stereocenters. The lowest BCUT2D eigenvalue weighted by Crippen LogP contribution is -3.10. The summed E-state index contributed by atoms with van der Waals surface area (Å²) in [6, 6.07) is 16.0. The molecule has 130 valence electrons. The van der Waals surface area contributed by atoms with Gasteiger partial charge in [0.1, 0.15) is 6.04 Å². The quantitative estimate of drug-likeness (QED) is 0.823. The van der Waals surface area contributed by atoms with Gasteiger partial charge in [-0.1, -0.05) is 36.4 Å². The number of nitrogens with one attached hydrogen (secondary N) is 2. The van der Waals surface area contributed by atoms with Crippen LogP contribution < -0.4 is 10.2 Å². The number of benzene rings is 2. The third kappa shape index (κ3) is 3.97. The Hall–Kier alpha value is -2.46. The van der Waals surface area contributed by atoms with E-state index in [0.717, 1.165) is 19.3 Å². The fraction of sp³-hybridized carbons (Fsp3) is 0.333. The van der Waals surface area contributed by atoms with Crippen molar-refractivity contribution in [2.75, 3.05) is 18.9 Å². The summed E-state index contributed by atoms with van der Waals surface area (Å²) in [5.74, 6) is -0.105. The topological polar surface area (TPSA) is 50.6 Å². The van der Waals surface area contributed by atoms with Crippen molar-refractivity contribution in [3.63, 3.8) is 0 Å². The third-order valence-corrected chi connectivity index (χ3v) is 4.98. The van der Waals surface area contributed by atoms with Gasteiger partial charge in [-0.25, -0.2) is 0 Å². The molecule has 25 heavy (non-hydrogen) atoms. The van der Waals surface area contributed by atoms with E-state index in [1.165, 1.54) is 23.0 Å². The highest BCUT2D eigenvalue weighted by atomic mass is 16.2. The average Bonchev–Trinajstić information content (AvgIpc) is 2.61. The first-order valence-electron chi connectivity index (χ1n) is 8.86. The van der Waals surface area contributed by atoms with Crippen LogP contribution in [0.1, 0.15) is 47.3 Å². The molecule has 0 saturated carbocycles. The predicted octanol–water partition coefficient (Wildman–Crippen LogP) is 2.42. The molecule has 2 N–H and O–H groups in total. The summed E-state index contributed by atoms with van der Waals surface area (Å²) in [4.78, 5) is 25.4. The molecule has 1 aliphatic rings. The molecule has 0 spiro atoms. The molecule has 4 nitrogen and oxygen atoms in total. The van der Waals surface area contributed by atoms with Crippen LogP contribution in [0.2, 0.25) is 0 Å². The fourth-order valence-electron chi connectivity index (χ4n) is 3.74. The Morgan fingerprint density at radius 3 is 2.64 bits per heavy atom. The number of hydrogen-bond acceptors (Lipinski definition) is 2. The van der Waals surface area contributed by atoms with Crippen molar-refractivity contribution in [3.8, 4) is 0 Å². The number of quaternary nitrogens is 1. The number of amides is 1. The van der Waals surface area contributed by atoms with Crippen LogP contribution >= 0.6 is 0 Å². The van der Waals surface area contributed by atoms with E-state index >= 15 is 0 Å². The fourth-order valence-corrected chi connectivity index (χ4v) is 3.74. The van der Waals surface area contributed by atoms with Gasteiger partial charge in [0.15, 0.2) is 12.3 Å². The summed E-state index contributed by atoms with van der Waals surface area (Å²) >= 11 is 0. The van der Waals surface area contributed by atoms with E-state index in [4.69, 9.17) is 0 Å². The maximum Gasteiger partial charge on any atom is 0.279 e. The molecule has 0 bridgehead atoms. The molecule has 4 heteroatoms. The number of carbonyl (C=O) groups is 2. The monoisotopic (exact) mass is 337 g/mol. The number of likely N-dealkylation sites (N-methyl/N-ethyl adjacent to an activating group) is 1. The predicted molar refractivity (Wildman–Crippen MR) is 99.0 cm³/mol. The number of anilines is 1. The van der Waals surface area contributed by atoms with Crippen molar-refractivity contribution in [3.05, 3.63) is 65.2 Å². The van der Waals surface area contributed by atoms with Crippen molar-refractivity contribution in [1.29, 1.82) is 0 Å². The minimum Gasteiger partial charge on any atom is -0.323 e. The van der Waals surface area contributed by atoms with Crippen LogP contribution in [-0.2, 0) is 11.2 Å². The Kier molecular flexibility index (Phi) is 5.29. The van der Waals surface area contributed by atoms with E-state index in [2.05, 4.69) is 36.6 Å². The molecule has 1 unspecified atom stereocenters. The van der Waals surface area contributed by atoms with Crippen molar-refractivity contribution in [2.45, 2.75) is 32.2 Å². The lowest BCUT2D eigenvalue weighted by Gasteiger charge is -2.30. The zero-order chi connectivity index (χ0) is 17.8. The molecule has 0 fully saturated rings. The normalized spacial score (nSPS) is 17.4. The van der Waals surface area contributed by atoms with Gasteiger partial charge in [-0.2, -0.15) is 0 Å². The highest BCUT2D eigenvalue weighted by molar-refractivity contribution is 6.03. The molecule has 2 aromatic rings. The molecule has 0 saturated heterocycles. The Labute approximate surface area is 148 Å². The smallest absolute Gasteiger partial charge is 0.279 e. The summed E-state index contributed by atoms with van der Waals surface area (Å²) < 4.78 is 0. The van der Waals surface area contributed by atoms with Gasteiger partial charge < -0.3 is 10.2 Å². The van der Waals surface area contributed by atoms with Crippen LogP contribution in [0.25, 0.3) is 0 Å². The minimum absolute atomic E-state index is 0.0437. The molecular weight excluding hydrogens is 312 g/mol. The standard InChI is InChI=1S/C21H24N2O2/c1-15(24)17-10-5-6-12-19(17)22-21(25)14-23(2)20-13-7-9-16-8-3-4-11-18(16)20/h3-6,8,10-12,20H,7,9,13-14H2,1-2H3,(H,22,25)/p+1/t20-/m1/s1. The van der Waals surface area contributed by atoms with E-state index in [-0.39, 0.29) is 11.7 Å². The third-order valence-electron chi connectivity index (χ3n) is 4.98. The molecule has 1 amide bonds. The summed E-state index contributed by atoms with van der Waals surface area (Å²) in [5, 5.41) is 2.91. The van der Waals surface area contributed by atoms with Gasteiger partial charge in [-0.15, -0.1) is 0 Å². The number of carbonyl (C=O) groups excluding carboxylic acids is 2. The molecule has 0 aliphatic heterocycles. The lowest BCUT2D eigenvalue weighted by atomic mass is 9.87. The largest absolute Gasteiger partial charge is 0.323 e. The van der Waals surface area contributed by atoms with Crippen molar-refractivity contribution >= 4 is 17.4 Å². The summed E-state index contributed by atoms with van der Waals surface area (Å²) in [6.07, 6.45) is 3.38. The van der Waals surface area contributed by atoms with Crippen molar-refractivity contribution in [1.82, 2.24) is 0 Å². The molecule has 1 aliphatic carbocycles. The Morgan fingerprint density at radius 1 is 1.12 bits per heavy atom. The lowest BCUT2D eigenvalue weighted by molar-refractivity contribution is -0.905. The van der Waals surface area contributed by atoms with E-state index in [1.807, 2.05) is 12.1 Å². The van der Waals surface area contributed by atoms with Crippen LogP contribution in [-0.4, -0.2) is 25.3 Å². The maximum absolute atomic E-state index is 12.5. The van der Waals surface area contributed by atoms with E-state index in [9.17, 15) is 9.59 Å². The average molecular weight is 337 g/mol. The van der Waals surface area contributed by atoms with Gasteiger partial charge in [0.25, 0.3) is 5.91 Å². The first kappa shape index (κ1) is 17.4. The summed E-state index contributed by atoms with van der Waals surface area (Å²) in [5.41, 5.74) is 3.91. The zero-order valence-electron chi connectivity index (χ0n) is 14.8. The van der Waals surface area contributed by atoms with Gasteiger partial charge in [0.2, 0.25) is 0 Å². The zero-order valence-corrected chi connectivity index (χ0v) is 14.8. The number of rotatable bonds is 5. The summed E-state index contributed by atoms with van der Waals surface area (Å²) in [7, 11) is 2.07. The van der Waals surface area contributed by atoms with E-state index in [1.54, 1.807) is 12.1 Å². The second-order valence-corrected chi connectivity index (χ2v) is 6.82. The van der Waals surface area contributed by atoms with Gasteiger partial charge in [-0.05, 0) is 37.5 Å². The summed E-state index contributed by atoms with van der Waals surface area (Å²) in [6.45, 7) is 1.90. The van der Waals surface area contributed by atoms with E-state index in [0.29, 0.717) is 23.8 Å². The van der Waals surface area contributed by atoms with Gasteiger partial charge >= 0.3 is 0 Å². The van der Waals surface area contributed by atoms with Gasteiger partial charge in [0, 0.05) is 17.5 Å². The van der Waals surface area contributed by atoms with Crippen LogP contribution in [0.4, 0.5) is 5.69 Å². The molecule has 0 heterocycles. The molecule has 0 aromatic heterocycles. The number of ketones is 1. The first-order valence-corrected chi connectivity index (χ1v) is 8.86. The number of aryl methyl sites for hydroxylation is 1. The minimum atomic E-state index is -0.0609. The highest BCUT2D eigenvalue weighted by Gasteiger charge is 2.28. The van der Waals surface area contributed by atoms with E-state index < -0.39 is 0 Å². The van der Waals surface area contributed by atoms with Crippen LogP contribution in [0.15, 0.2) is 48.5 Å². The number of fused-ring (bicyclic) bond motifs is 1. The van der Waals surface area contributed by atoms with Crippen LogP contribution in [0, 0.1) is 0 Å². The van der Waals surface area contributed by atoms with Crippen LogP contribution in [0.3, 0.4) is 0 Å². The Balaban J connectivity index is 1.69. The van der Waals surface area contributed by atoms with Crippen molar-refractivity contribution in [2.24, 2.45) is 0 Å². The second-order valence-electron chi connectivity index (χ2n) is 6.82. The maximum atomic E-state index is 12.5. The molecule has 0 radical (unpaired) electrons. The van der Waals surface area contributed by atoms with Gasteiger partial charge in [-0.3, -0.25) is 9.59 Å². The molecule has 2 aromatic carbocycles.